The quantitative estimate of drug-likeness (QED) is 0.632. The van der Waals surface area contributed by atoms with Gasteiger partial charge < -0.3 is 24.5 Å². The molecule has 0 bridgehead atoms. The van der Waals surface area contributed by atoms with Crippen LogP contribution in [0.15, 0.2) is 41.0 Å². The standard InChI is InChI=1S/C18H19F3N2O5/c1-26-9-10-28-14-5-4-12(18(19,20)21)11-13(14)23-16(24)6-7-22-17(25)15-3-2-8-27-15/h2-5,8,11H,6-7,9-10H2,1H3,(H,22,25)(H,23,24). The van der Waals surface area contributed by atoms with Crippen molar-refractivity contribution in [1.82, 2.24) is 5.32 Å². The highest BCUT2D eigenvalue weighted by molar-refractivity contribution is 5.94. The van der Waals surface area contributed by atoms with Gasteiger partial charge in [0.2, 0.25) is 5.91 Å². The third-order valence-electron chi connectivity index (χ3n) is 3.51. The zero-order chi connectivity index (χ0) is 20.6. The van der Waals surface area contributed by atoms with Gasteiger partial charge in [-0.05, 0) is 30.3 Å². The number of carbonyl (C=O) groups is 2. The Balaban J connectivity index is 1.98. The van der Waals surface area contributed by atoms with E-state index in [1.807, 2.05) is 0 Å². The molecule has 1 heterocycles. The fourth-order valence-corrected chi connectivity index (χ4v) is 2.16. The van der Waals surface area contributed by atoms with Crippen molar-refractivity contribution in [3.63, 3.8) is 0 Å². The lowest BCUT2D eigenvalue weighted by molar-refractivity contribution is -0.137. The van der Waals surface area contributed by atoms with Gasteiger partial charge in [-0.3, -0.25) is 9.59 Å². The Kier molecular flexibility index (Phi) is 7.44. The molecule has 2 N–H and O–H groups in total. The Hall–Kier alpha value is -3.01. The lowest BCUT2D eigenvalue weighted by Crippen LogP contribution is -2.27. The Morgan fingerprint density at radius 1 is 1.18 bits per heavy atom. The van der Waals surface area contributed by atoms with Crippen LogP contribution in [-0.4, -0.2) is 38.7 Å². The number of hydrogen-bond acceptors (Lipinski definition) is 5. The molecule has 0 aliphatic rings. The molecular weight excluding hydrogens is 381 g/mol. The van der Waals surface area contributed by atoms with Crippen LogP contribution in [0.3, 0.4) is 0 Å². The fraction of sp³-hybridized carbons (Fsp3) is 0.333. The highest BCUT2D eigenvalue weighted by atomic mass is 19.4. The second kappa shape index (κ2) is 9.79. The number of hydrogen-bond donors (Lipinski definition) is 2. The predicted molar refractivity (Wildman–Crippen MR) is 93.1 cm³/mol. The molecular formula is C18H19F3N2O5. The maximum absolute atomic E-state index is 12.9. The van der Waals surface area contributed by atoms with Gasteiger partial charge in [-0.1, -0.05) is 0 Å². The van der Waals surface area contributed by atoms with E-state index in [9.17, 15) is 22.8 Å². The van der Waals surface area contributed by atoms with Crippen LogP contribution in [0.25, 0.3) is 0 Å². The van der Waals surface area contributed by atoms with Crippen LogP contribution in [0.4, 0.5) is 18.9 Å². The van der Waals surface area contributed by atoms with Gasteiger partial charge in [-0.15, -0.1) is 0 Å². The molecule has 0 fully saturated rings. The summed E-state index contributed by atoms with van der Waals surface area (Å²) in [5, 5.41) is 4.85. The Labute approximate surface area is 158 Å². The monoisotopic (exact) mass is 400 g/mol. The molecule has 7 nitrogen and oxygen atoms in total. The number of carbonyl (C=O) groups excluding carboxylic acids is 2. The smallest absolute Gasteiger partial charge is 0.416 e. The Morgan fingerprint density at radius 2 is 1.96 bits per heavy atom. The maximum Gasteiger partial charge on any atom is 0.416 e. The normalized spacial score (nSPS) is 11.1. The van der Waals surface area contributed by atoms with Crippen LogP contribution in [0.1, 0.15) is 22.5 Å². The van der Waals surface area contributed by atoms with Gasteiger partial charge >= 0.3 is 6.18 Å². The minimum atomic E-state index is -4.57. The first-order valence-corrected chi connectivity index (χ1v) is 8.26. The second-order valence-corrected chi connectivity index (χ2v) is 5.58. The van der Waals surface area contributed by atoms with E-state index in [1.165, 1.54) is 19.4 Å². The van der Waals surface area contributed by atoms with Gasteiger partial charge in [-0.25, -0.2) is 0 Å². The van der Waals surface area contributed by atoms with Gasteiger partial charge in [-0.2, -0.15) is 13.2 Å². The van der Waals surface area contributed by atoms with Crippen molar-refractivity contribution in [2.24, 2.45) is 0 Å². The van der Waals surface area contributed by atoms with Gasteiger partial charge in [0.1, 0.15) is 12.4 Å². The molecule has 0 saturated carbocycles. The number of amides is 2. The summed E-state index contributed by atoms with van der Waals surface area (Å²) in [6.45, 7) is 0.307. The summed E-state index contributed by atoms with van der Waals surface area (Å²) in [7, 11) is 1.45. The average Bonchev–Trinajstić information content (AvgIpc) is 3.17. The molecule has 0 saturated heterocycles. The highest BCUT2D eigenvalue weighted by Crippen LogP contribution is 2.35. The zero-order valence-corrected chi connectivity index (χ0v) is 15.0. The van der Waals surface area contributed by atoms with Crippen molar-refractivity contribution in [2.75, 3.05) is 32.2 Å². The molecule has 2 aromatic rings. The van der Waals surface area contributed by atoms with E-state index in [2.05, 4.69) is 10.6 Å². The molecule has 152 valence electrons. The lowest BCUT2D eigenvalue weighted by Gasteiger charge is -2.15. The number of nitrogens with one attached hydrogen (secondary N) is 2. The van der Waals surface area contributed by atoms with Crippen molar-refractivity contribution in [2.45, 2.75) is 12.6 Å². The number of halogens is 3. The van der Waals surface area contributed by atoms with E-state index in [0.29, 0.717) is 0 Å². The van der Waals surface area contributed by atoms with E-state index < -0.39 is 23.6 Å². The molecule has 1 aromatic heterocycles. The second-order valence-electron chi connectivity index (χ2n) is 5.58. The molecule has 0 spiro atoms. The minimum absolute atomic E-state index is 0.0236. The Bertz CT molecular complexity index is 791. The summed E-state index contributed by atoms with van der Waals surface area (Å²) in [6.07, 6.45) is -3.39. The van der Waals surface area contributed by atoms with Crippen LogP contribution in [0.2, 0.25) is 0 Å². The topological polar surface area (TPSA) is 89.8 Å². The number of ether oxygens (including phenoxy) is 2. The van der Waals surface area contributed by atoms with Crippen LogP contribution < -0.4 is 15.4 Å². The zero-order valence-electron chi connectivity index (χ0n) is 15.0. The minimum Gasteiger partial charge on any atom is -0.489 e. The molecule has 2 amide bonds. The van der Waals surface area contributed by atoms with Crippen LogP contribution >= 0.6 is 0 Å². The molecule has 0 aliphatic heterocycles. The SMILES string of the molecule is COCCOc1ccc(C(F)(F)F)cc1NC(=O)CCNC(=O)c1ccco1. The van der Waals surface area contributed by atoms with Crippen LogP contribution in [-0.2, 0) is 15.7 Å². The van der Waals surface area contributed by atoms with Crippen LogP contribution in [0.5, 0.6) is 5.75 Å². The third-order valence-corrected chi connectivity index (χ3v) is 3.51. The maximum atomic E-state index is 12.9. The van der Waals surface area contributed by atoms with E-state index in [0.717, 1.165) is 18.2 Å². The van der Waals surface area contributed by atoms with E-state index in [-0.39, 0.29) is 43.4 Å². The summed E-state index contributed by atoms with van der Waals surface area (Å²) in [6, 6.07) is 5.79. The molecule has 2 rings (SSSR count). The molecule has 10 heteroatoms. The summed E-state index contributed by atoms with van der Waals surface area (Å²) in [5.41, 5.74) is -1.04. The first-order valence-electron chi connectivity index (χ1n) is 8.26. The summed E-state index contributed by atoms with van der Waals surface area (Å²) in [5.74, 6) is -0.916. The number of alkyl halides is 3. The first-order chi connectivity index (χ1) is 13.3. The molecule has 0 radical (unpaired) electrons. The van der Waals surface area contributed by atoms with Crippen LogP contribution in [0, 0.1) is 0 Å². The molecule has 0 aliphatic carbocycles. The largest absolute Gasteiger partial charge is 0.489 e. The highest BCUT2D eigenvalue weighted by Gasteiger charge is 2.31. The van der Waals surface area contributed by atoms with Crippen molar-refractivity contribution < 1.29 is 36.7 Å². The van der Waals surface area contributed by atoms with Gasteiger partial charge in [0.05, 0.1) is 24.1 Å². The van der Waals surface area contributed by atoms with E-state index in [1.54, 1.807) is 6.07 Å². The predicted octanol–water partition coefficient (Wildman–Crippen LogP) is 3.08. The van der Waals surface area contributed by atoms with Crippen molar-refractivity contribution in [3.05, 3.63) is 47.9 Å². The number of benzene rings is 1. The third kappa shape index (κ3) is 6.31. The van der Waals surface area contributed by atoms with Gasteiger partial charge in [0, 0.05) is 20.1 Å². The summed E-state index contributed by atoms with van der Waals surface area (Å²) >= 11 is 0. The average molecular weight is 400 g/mol. The van der Waals surface area contributed by atoms with E-state index in [4.69, 9.17) is 13.9 Å². The van der Waals surface area contributed by atoms with Crippen molar-refractivity contribution in [3.8, 4) is 5.75 Å². The molecule has 0 unspecified atom stereocenters. The molecule has 0 atom stereocenters. The number of methoxy groups -OCH3 is 1. The molecule has 1 aromatic carbocycles. The van der Waals surface area contributed by atoms with Crippen molar-refractivity contribution >= 4 is 17.5 Å². The number of furan rings is 1. The summed E-state index contributed by atoms with van der Waals surface area (Å²) < 4.78 is 53.9. The van der Waals surface area contributed by atoms with Gasteiger partial charge in [0.15, 0.2) is 5.76 Å². The Morgan fingerprint density at radius 3 is 2.61 bits per heavy atom. The number of rotatable bonds is 9. The fourth-order valence-electron chi connectivity index (χ4n) is 2.16. The van der Waals surface area contributed by atoms with Crippen molar-refractivity contribution in [1.29, 1.82) is 0 Å². The summed E-state index contributed by atoms with van der Waals surface area (Å²) in [4.78, 5) is 23.8. The van der Waals surface area contributed by atoms with Gasteiger partial charge in [0.25, 0.3) is 5.91 Å². The first kappa shape index (κ1) is 21.3. The molecule has 28 heavy (non-hydrogen) atoms. The number of anilines is 1. The lowest BCUT2D eigenvalue weighted by atomic mass is 10.1. The van der Waals surface area contributed by atoms with E-state index >= 15 is 0 Å².